The lowest BCUT2D eigenvalue weighted by Gasteiger charge is -2.17. The van der Waals surface area contributed by atoms with Crippen LogP contribution in [0.15, 0.2) is 66.7 Å². The van der Waals surface area contributed by atoms with Crippen molar-refractivity contribution in [1.29, 1.82) is 5.26 Å². The van der Waals surface area contributed by atoms with Gasteiger partial charge in [0.1, 0.15) is 12.4 Å². The molecule has 0 bridgehead atoms. The highest BCUT2D eigenvalue weighted by atomic mass is 16.5. The molecule has 1 aliphatic heterocycles. The molecule has 6 nitrogen and oxygen atoms in total. The second-order valence-corrected chi connectivity index (χ2v) is 8.46. The van der Waals surface area contributed by atoms with E-state index in [0.717, 1.165) is 37.1 Å². The van der Waals surface area contributed by atoms with E-state index in [1.165, 1.54) is 0 Å². The Bertz CT molecular complexity index is 1230. The van der Waals surface area contributed by atoms with Crippen molar-refractivity contribution >= 4 is 17.5 Å². The van der Waals surface area contributed by atoms with E-state index in [9.17, 15) is 14.9 Å². The van der Waals surface area contributed by atoms with E-state index in [2.05, 4.69) is 11.4 Å². The van der Waals surface area contributed by atoms with Crippen LogP contribution < -0.4 is 10.1 Å². The zero-order valence-corrected chi connectivity index (χ0v) is 19.2. The molecule has 1 N–H and O–H groups in total. The van der Waals surface area contributed by atoms with E-state index in [-0.39, 0.29) is 18.2 Å². The van der Waals surface area contributed by atoms with Gasteiger partial charge in [-0.2, -0.15) is 5.26 Å². The number of hydrogen-bond acceptors (Lipinski definition) is 4. The van der Waals surface area contributed by atoms with Crippen molar-refractivity contribution in [2.75, 3.05) is 18.4 Å². The van der Waals surface area contributed by atoms with Crippen LogP contribution in [0.3, 0.4) is 0 Å². The third-order valence-electron chi connectivity index (χ3n) is 5.91. The first-order valence-corrected chi connectivity index (χ1v) is 11.4. The minimum atomic E-state index is -0.224. The minimum Gasteiger partial charge on any atom is -0.489 e. The number of hydrogen-bond donors (Lipinski definition) is 1. The van der Waals surface area contributed by atoms with Gasteiger partial charge in [0, 0.05) is 29.9 Å². The molecule has 1 fully saturated rings. The third-order valence-corrected chi connectivity index (χ3v) is 5.91. The molecule has 0 spiro atoms. The topological polar surface area (TPSA) is 82.4 Å². The Balaban J connectivity index is 1.44. The maximum Gasteiger partial charge on any atom is 0.254 e. The zero-order chi connectivity index (χ0) is 23.9. The summed E-state index contributed by atoms with van der Waals surface area (Å²) in [6, 6.07) is 22.3. The van der Waals surface area contributed by atoms with E-state index in [1.807, 2.05) is 48.2 Å². The fourth-order valence-corrected chi connectivity index (χ4v) is 4.11. The van der Waals surface area contributed by atoms with Gasteiger partial charge in [-0.05, 0) is 67.3 Å². The number of anilines is 1. The molecule has 0 aliphatic carbocycles. The first-order chi connectivity index (χ1) is 16.5. The molecule has 1 heterocycles. The average Bonchev–Trinajstić information content (AvgIpc) is 3.38. The van der Waals surface area contributed by atoms with Crippen LogP contribution in [0.5, 0.6) is 5.75 Å². The second kappa shape index (κ2) is 10.7. The number of nitrogens with zero attached hydrogens (tertiary/aromatic N) is 2. The van der Waals surface area contributed by atoms with Gasteiger partial charge in [-0.1, -0.05) is 30.3 Å². The second-order valence-electron chi connectivity index (χ2n) is 8.46. The van der Waals surface area contributed by atoms with Gasteiger partial charge in [0.15, 0.2) is 0 Å². The largest absolute Gasteiger partial charge is 0.489 e. The molecule has 3 aromatic rings. The SMILES string of the molecule is Cc1cc(NC(=O)Cc2cc(C#N)ccc2OCc2ccccc2)ccc1C(=O)N1CCCC1. The number of nitrogens with one attached hydrogen (secondary N) is 1. The number of carbonyl (C=O) groups excluding carboxylic acids is 2. The smallest absolute Gasteiger partial charge is 0.254 e. The predicted octanol–water partition coefficient (Wildman–Crippen LogP) is 4.86. The van der Waals surface area contributed by atoms with Crippen molar-refractivity contribution in [1.82, 2.24) is 4.90 Å². The number of amides is 2. The average molecular weight is 454 g/mol. The lowest BCUT2D eigenvalue weighted by Crippen LogP contribution is -2.28. The van der Waals surface area contributed by atoms with Gasteiger partial charge in [0.05, 0.1) is 18.1 Å². The van der Waals surface area contributed by atoms with Crippen LogP contribution in [0.4, 0.5) is 5.69 Å². The van der Waals surface area contributed by atoms with Crippen molar-refractivity contribution in [3.63, 3.8) is 0 Å². The van der Waals surface area contributed by atoms with Crippen LogP contribution in [-0.4, -0.2) is 29.8 Å². The molecule has 1 aliphatic rings. The molecule has 34 heavy (non-hydrogen) atoms. The number of carbonyl (C=O) groups is 2. The summed E-state index contributed by atoms with van der Waals surface area (Å²) in [7, 11) is 0. The Morgan fingerprint density at radius 2 is 1.79 bits per heavy atom. The molecule has 0 atom stereocenters. The van der Waals surface area contributed by atoms with Crippen LogP contribution >= 0.6 is 0 Å². The molecule has 0 radical (unpaired) electrons. The fourth-order valence-electron chi connectivity index (χ4n) is 4.11. The first-order valence-electron chi connectivity index (χ1n) is 11.4. The Hall–Kier alpha value is -4.11. The van der Waals surface area contributed by atoms with E-state index in [4.69, 9.17) is 4.74 Å². The summed E-state index contributed by atoms with van der Waals surface area (Å²) in [5, 5.41) is 12.2. The molecule has 3 aromatic carbocycles. The number of likely N-dealkylation sites (tertiary alicyclic amines) is 1. The predicted molar refractivity (Wildman–Crippen MR) is 131 cm³/mol. The van der Waals surface area contributed by atoms with Crippen molar-refractivity contribution < 1.29 is 14.3 Å². The highest BCUT2D eigenvalue weighted by Gasteiger charge is 2.21. The van der Waals surface area contributed by atoms with Crippen molar-refractivity contribution in [2.45, 2.75) is 32.8 Å². The van der Waals surface area contributed by atoms with Crippen LogP contribution in [0, 0.1) is 18.3 Å². The fraction of sp³-hybridized carbons (Fsp3) is 0.250. The van der Waals surface area contributed by atoms with E-state index in [0.29, 0.717) is 34.7 Å². The number of nitriles is 1. The van der Waals surface area contributed by atoms with Crippen LogP contribution in [-0.2, 0) is 17.8 Å². The molecule has 6 heteroatoms. The lowest BCUT2D eigenvalue weighted by molar-refractivity contribution is -0.115. The summed E-state index contributed by atoms with van der Waals surface area (Å²) < 4.78 is 5.95. The van der Waals surface area contributed by atoms with Crippen molar-refractivity contribution in [3.05, 3.63) is 94.5 Å². The summed E-state index contributed by atoms with van der Waals surface area (Å²) in [4.78, 5) is 27.4. The normalized spacial score (nSPS) is 12.8. The summed E-state index contributed by atoms with van der Waals surface area (Å²) >= 11 is 0. The molecule has 1 saturated heterocycles. The van der Waals surface area contributed by atoms with E-state index >= 15 is 0 Å². The van der Waals surface area contributed by atoms with Gasteiger partial charge < -0.3 is 15.0 Å². The van der Waals surface area contributed by atoms with Gasteiger partial charge in [-0.3, -0.25) is 9.59 Å². The molecule has 2 amide bonds. The Labute approximate surface area is 199 Å². The summed E-state index contributed by atoms with van der Waals surface area (Å²) in [6.45, 7) is 3.85. The van der Waals surface area contributed by atoms with Crippen molar-refractivity contribution in [3.8, 4) is 11.8 Å². The number of rotatable bonds is 7. The van der Waals surface area contributed by atoms with Gasteiger partial charge >= 0.3 is 0 Å². The standard InChI is InChI=1S/C28H27N3O3/c1-20-15-24(10-11-25(20)28(33)31-13-5-6-14-31)30-27(32)17-23-16-22(18-29)9-12-26(23)34-19-21-7-3-2-4-8-21/h2-4,7-12,15-16H,5-6,13-14,17,19H2,1H3,(H,30,32). The summed E-state index contributed by atoms with van der Waals surface area (Å²) in [5.74, 6) is 0.389. The first kappa shape index (κ1) is 23.1. The Morgan fingerprint density at radius 1 is 1.03 bits per heavy atom. The third kappa shape index (κ3) is 5.62. The molecular formula is C28H27N3O3. The highest BCUT2D eigenvalue weighted by molar-refractivity contribution is 5.97. The van der Waals surface area contributed by atoms with Gasteiger partial charge in [-0.25, -0.2) is 0 Å². The number of benzene rings is 3. The number of aryl methyl sites for hydroxylation is 1. The lowest BCUT2D eigenvalue weighted by atomic mass is 10.1. The summed E-state index contributed by atoms with van der Waals surface area (Å²) in [5.41, 5.74) is 4.25. The minimum absolute atomic E-state index is 0.0430. The monoisotopic (exact) mass is 453 g/mol. The Morgan fingerprint density at radius 3 is 2.50 bits per heavy atom. The maximum atomic E-state index is 12.8. The van der Waals surface area contributed by atoms with Crippen LogP contribution in [0.2, 0.25) is 0 Å². The zero-order valence-electron chi connectivity index (χ0n) is 19.2. The van der Waals surface area contributed by atoms with Gasteiger partial charge in [-0.15, -0.1) is 0 Å². The number of ether oxygens (including phenoxy) is 1. The molecule has 172 valence electrons. The maximum absolute atomic E-state index is 12.8. The molecular weight excluding hydrogens is 426 g/mol. The van der Waals surface area contributed by atoms with Crippen LogP contribution in [0.1, 0.15) is 45.5 Å². The van der Waals surface area contributed by atoms with Gasteiger partial charge in [0.25, 0.3) is 5.91 Å². The molecule has 0 aromatic heterocycles. The summed E-state index contributed by atoms with van der Waals surface area (Å²) in [6.07, 6.45) is 2.15. The molecule has 0 saturated carbocycles. The molecule has 0 unspecified atom stereocenters. The quantitative estimate of drug-likeness (QED) is 0.554. The van der Waals surface area contributed by atoms with Crippen LogP contribution in [0.25, 0.3) is 0 Å². The Kier molecular flexibility index (Phi) is 7.24. The van der Waals surface area contributed by atoms with E-state index in [1.54, 1.807) is 30.3 Å². The van der Waals surface area contributed by atoms with E-state index < -0.39 is 0 Å². The highest BCUT2D eigenvalue weighted by Crippen LogP contribution is 2.24. The van der Waals surface area contributed by atoms with Gasteiger partial charge in [0.2, 0.25) is 5.91 Å². The van der Waals surface area contributed by atoms with Crippen molar-refractivity contribution in [2.24, 2.45) is 0 Å². The molecule has 4 rings (SSSR count).